The van der Waals surface area contributed by atoms with E-state index in [0.29, 0.717) is 25.7 Å². The van der Waals surface area contributed by atoms with E-state index in [2.05, 4.69) is 85.2 Å². The van der Waals surface area contributed by atoms with Crippen molar-refractivity contribution in [3.8, 4) is 0 Å². The molecule has 4 atom stereocenters. The number of allylic oxidation sites excluding steroid dienone is 17. The van der Waals surface area contributed by atoms with Gasteiger partial charge < -0.3 is 29.7 Å². The van der Waals surface area contributed by atoms with Gasteiger partial charge in [-0.25, -0.2) is 4.57 Å². The maximum Gasteiger partial charge on any atom is 0.472 e. The van der Waals surface area contributed by atoms with Crippen LogP contribution in [0.5, 0.6) is 0 Å². The predicted molar refractivity (Wildman–Crippen MR) is 234 cm³/mol. The van der Waals surface area contributed by atoms with E-state index in [1.165, 1.54) is 0 Å². The Balaban J connectivity index is 4.56. The van der Waals surface area contributed by atoms with E-state index in [4.69, 9.17) is 19.1 Å². The predicted octanol–water partition coefficient (Wildman–Crippen LogP) is 9.97. The lowest BCUT2D eigenvalue weighted by Crippen LogP contribution is -2.29. The largest absolute Gasteiger partial charge is 0.472 e. The Hall–Kier alpha value is -3.41. The van der Waals surface area contributed by atoms with Crippen molar-refractivity contribution >= 4 is 19.8 Å². The van der Waals surface area contributed by atoms with Crippen molar-refractivity contribution in [3.05, 3.63) is 109 Å². The lowest BCUT2D eigenvalue weighted by molar-refractivity contribution is -0.161. The number of phosphoric acid groups is 1. The van der Waals surface area contributed by atoms with Gasteiger partial charge in [-0.05, 0) is 70.6 Å². The summed E-state index contributed by atoms with van der Waals surface area (Å²) in [6, 6.07) is 0. The summed E-state index contributed by atoms with van der Waals surface area (Å²) in [6.07, 6.45) is 46.6. The van der Waals surface area contributed by atoms with Crippen molar-refractivity contribution in [3.63, 3.8) is 0 Å². The zero-order valence-corrected chi connectivity index (χ0v) is 36.0. The molecule has 2 unspecified atom stereocenters. The van der Waals surface area contributed by atoms with E-state index in [1.807, 2.05) is 36.5 Å². The second kappa shape index (κ2) is 40.4. The molecule has 0 aromatic carbocycles. The first-order valence-corrected chi connectivity index (χ1v) is 22.4. The van der Waals surface area contributed by atoms with Gasteiger partial charge in [-0.2, -0.15) is 0 Å². The number of esters is 2. The Morgan fingerprint density at radius 3 is 1.66 bits per heavy atom. The minimum atomic E-state index is -4.67. The summed E-state index contributed by atoms with van der Waals surface area (Å²) in [4.78, 5) is 34.9. The molecule has 0 aromatic rings. The number of aliphatic hydroxyl groups is 3. The van der Waals surface area contributed by atoms with Crippen LogP contribution in [0.15, 0.2) is 109 Å². The number of ether oxygens (including phenoxy) is 2. The van der Waals surface area contributed by atoms with Crippen LogP contribution in [0, 0.1) is 0 Å². The number of carbonyl (C=O) groups excluding carboxylic acids is 2. The van der Waals surface area contributed by atoms with Crippen LogP contribution < -0.4 is 0 Å². The highest BCUT2D eigenvalue weighted by Crippen LogP contribution is 2.43. The monoisotopic (exact) mass is 832 g/mol. The number of phosphoric ester groups is 1. The third-order valence-electron chi connectivity index (χ3n) is 8.04. The maximum absolute atomic E-state index is 12.6. The smallest absolute Gasteiger partial charge is 0.462 e. The molecule has 0 amide bonds. The average molecular weight is 833 g/mol. The second-order valence-electron chi connectivity index (χ2n) is 13.4. The average Bonchev–Trinajstić information content (AvgIpc) is 3.21. The van der Waals surface area contributed by atoms with Crippen LogP contribution >= 0.6 is 7.82 Å². The summed E-state index contributed by atoms with van der Waals surface area (Å²) < 4.78 is 32.5. The minimum absolute atomic E-state index is 0.0316. The van der Waals surface area contributed by atoms with Gasteiger partial charge in [-0.3, -0.25) is 18.6 Å². The molecule has 58 heavy (non-hydrogen) atoms. The molecule has 0 aliphatic heterocycles. The van der Waals surface area contributed by atoms with Gasteiger partial charge in [0.15, 0.2) is 6.10 Å². The highest BCUT2D eigenvalue weighted by atomic mass is 31.2. The first-order valence-electron chi connectivity index (χ1n) is 21.0. The van der Waals surface area contributed by atoms with Gasteiger partial charge in [0, 0.05) is 12.8 Å². The van der Waals surface area contributed by atoms with Crippen LogP contribution in [0.3, 0.4) is 0 Å². The topological polar surface area (TPSA) is 169 Å². The van der Waals surface area contributed by atoms with E-state index < -0.39 is 57.9 Å². The normalized spacial score (nSPS) is 15.5. The van der Waals surface area contributed by atoms with Crippen molar-refractivity contribution in [2.24, 2.45) is 0 Å². The van der Waals surface area contributed by atoms with Crippen molar-refractivity contribution in [2.75, 3.05) is 26.4 Å². The zero-order chi connectivity index (χ0) is 42.8. The number of hydrogen-bond acceptors (Lipinski definition) is 10. The van der Waals surface area contributed by atoms with Gasteiger partial charge in [0.2, 0.25) is 0 Å². The number of rotatable bonds is 37. The number of hydrogen-bond donors (Lipinski definition) is 4. The molecule has 12 heteroatoms. The highest BCUT2D eigenvalue weighted by Gasteiger charge is 2.27. The highest BCUT2D eigenvalue weighted by molar-refractivity contribution is 7.47. The minimum Gasteiger partial charge on any atom is -0.462 e. The molecule has 11 nitrogen and oxygen atoms in total. The van der Waals surface area contributed by atoms with Crippen LogP contribution in [0.2, 0.25) is 0 Å². The molecule has 0 saturated carbocycles. The number of aliphatic hydroxyl groups excluding tert-OH is 3. The van der Waals surface area contributed by atoms with Crippen molar-refractivity contribution in [1.29, 1.82) is 0 Å². The molecule has 0 fully saturated rings. The Labute approximate surface area is 348 Å². The molecule has 0 spiro atoms. The van der Waals surface area contributed by atoms with E-state index >= 15 is 0 Å². The molecule has 4 N–H and O–H groups in total. The summed E-state index contributed by atoms with van der Waals surface area (Å²) in [5, 5.41) is 28.4. The Kier molecular flexibility index (Phi) is 38.0. The van der Waals surface area contributed by atoms with Crippen molar-refractivity contribution < 1.29 is 52.9 Å². The van der Waals surface area contributed by atoms with Crippen LogP contribution in [0.4, 0.5) is 0 Å². The SMILES string of the molecule is CC/C=C\C/C=C\C/C=C\C/C=C\C/C=C\C/C=C\CCC(=O)O[C@H](COC(=O)CCCCCCCC(O)/C=C/C=C/C/C=C/CC)COP(=O)(O)OC[C@@H](O)CO. The third-order valence-corrected chi connectivity index (χ3v) is 8.99. The summed E-state index contributed by atoms with van der Waals surface area (Å²) in [5.41, 5.74) is 0. The van der Waals surface area contributed by atoms with Crippen LogP contribution in [0.25, 0.3) is 0 Å². The fraction of sp³-hybridized carbons (Fsp3) is 0.565. The van der Waals surface area contributed by atoms with Crippen molar-refractivity contribution in [2.45, 2.75) is 141 Å². The van der Waals surface area contributed by atoms with Crippen LogP contribution in [-0.4, -0.2) is 76.9 Å². The van der Waals surface area contributed by atoms with E-state index in [-0.39, 0.29) is 19.4 Å². The third kappa shape index (κ3) is 39.4. The molecule has 0 aromatic heterocycles. The van der Waals surface area contributed by atoms with E-state index in [1.54, 1.807) is 6.08 Å². The Bertz CT molecular complexity index is 1340. The van der Waals surface area contributed by atoms with Crippen LogP contribution in [-0.2, 0) is 32.7 Å². The van der Waals surface area contributed by atoms with Gasteiger partial charge in [0.25, 0.3) is 0 Å². The molecule has 0 aliphatic rings. The Morgan fingerprint density at radius 1 is 0.586 bits per heavy atom. The van der Waals surface area contributed by atoms with Gasteiger partial charge in [-0.15, -0.1) is 0 Å². The maximum atomic E-state index is 12.6. The van der Waals surface area contributed by atoms with Gasteiger partial charge >= 0.3 is 19.8 Å². The fourth-order valence-electron chi connectivity index (χ4n) is 4.85. The summed E-state index contributed by atoms with van der Waals surface area (Å²) >= 11 is 0. The summed E-state index contributed by atoms with van der Waals surface area (Å²) in [6.45, 7) is 1.90. The number of unbranched alkanes of at least 4 members (excludes halogenated alkanes) is 4. The lowest BCUT2D eigenvalue weighted by atomic mass is 10.1. The van der Waals surface area contributed by atoms with Crippen LogP contribution in [0.1, 0.15) is 123 Å². The molecule has 328 valence electrons. The summed E-state index contributed by atoms with van der Waals surface area (Å²) in [5.74, 6) is -1.11. The summed E-state index contributed by atoms with van der Waals surface area (Å²) in [7, 11) is -4.67. The molecule has 0 heterocycles. The molecule has 0 bridgehead atoms. The lowest BCUT2D eigenvalue weighted by Gasteiger charge is -2.20. The first-order chi connectivity index (χ1) is 28.1. The molecule has 0 aliphatic carbocycles. The Morgan fingerprint density at radius 2 is 1.09 bits per heavy atom. The van der Waals surface area contributed by atoms with Gasteiger partial charge in [0.1, 0.15) is 12.7 Å². The molecule has 0 rings (SSSR count). The zero-order valence-electron chi connectivity index (χ0n) is 35.1. The van der Waals surface area contributed by atoms with Gasteiger partial charge in [0.05, 0.1) is 25.9 Å². The van der Waals surface area contributed by atoms with E-state index in [0.717, 1.165) is 70.6 Å². The first kappa shape index (κ1) is 54.6. The fourth-order valence-corrected chi connectivity index (χ4v) is 5.64. The molecular weight excluding hydrogens is 759 g/mol. The quantitative estimate of drug-likeness (QED) is 0.0155. The van der Waals surface area contributed by atoms with Crippen molar-refractivity contribution in [1.82, 2.24) is 0 Å². The standard InChI is InChI=1S/C46H73O11P/c1-3-5-7-9-11-12-13-14-15-16-17-18-19-20-21-22-24-28-33-37-46(51)57-44(41-56-58(52,53)55-39-43(49)38-47)40-54-45(50)36-32-29-25-27-31-35-42(48)34-30-26-23-10-8-6-4-2/h5-8,11-12,14-15,17-18,20-21,23-24,26,28,30,34,42-44,47-49H,3-4,9-10,13,16,19,22,25,27,29,31-33,35-41H2,1-2H3,(H,52,53)/b7-5-,8-6+,12-11-,15-14-,18-17-,21-20-,26-23+,28-24-,34-30+/t42?,43-,44+/m0/s1. The molecular formula is C46H73O11P. The van der Waals surface area contributed by atoms with Gasteiger partial charge in [-0.1, -0.05) is 149 Å². The number of carbonyl (C=O) groups is 2. The molecule has 0 radical (unpaired) electrons. The second-order valence-corrected chi connectivity index (χ2v) is 14.9. The molecule has 0 saturated heterocycles. The van der Waals surface area contributed by atoms with E-state index in [9.17, 15) is 29.3 Å².